The van der Waals surface area contributed by atoms with E-state index in [2.05, 4.69) is 15.9 Å². The minimum Gasteiger partial charge on any atom is -0.399 e. The zero-order chi connectivity index (χ0) is 9.30. The number of hydrogen-bond donors (Lipinski definition) is 2. The van der Waals surface area contributed by atoms with Crippen molar-refractivity contribution >= 4 is 27.4 Å². The fourth-order valence-corrected chi connectivity index (χ4v) is 1.19. The smallest absolute Gasteiger partial charge is 0.186 e. The average Bonchev–Trinajstić information content (AvgIpc) is 2.60. The molecule has 3 nitrogen and oxygen atoms in total. The number of alkyl halides is 1. The van der Waals surface area contributed by atoms with Gasteiger partial charge in [-0.3, -0.25) is 4.79 Å². The lowest BCUT2D eigenvalue weighted by Crippen LogP contribution is -2.15. The molecule has 0 aromatic heterocycles. The Morgan fingerprint density at radius 3 is 2.58 bits per heavy atom. The number of carbonyl (C=O) groups excluding carboxylic acids is 1. The summed E-state index contributed by atoms with van der Waals surface area (Å²) in [4.78, 5) is 10.8. The molecule has 1 aliphatic carbocycles. The molecular formula is C7H8BrFN2O. The maximum absolute atomic E-state index is 12.4. The first kappa shape index (κ1) is 9.38. The molecule has 0 fully saturated rings. The maximum atomic E-state index is 12.4. The summed E-state index contributed by atoms with van der Waals surface area (Å²) >= 11 is 2.93. The monoisotopic (exact) mass is 234 g/mol. The van der Waals surface area contributed by atoms with Crippen molar-refractivity contribution < 1.29 is 9.18 Å². The third kappa shape index (κ3) is 1.72. The van der Waals surface area contributed by atoms with E-state index in [9.17, 15) is 9.18 Å². The fourth-order valence-electron chi connectivity index (χ4n) is 0.855. The van der Waals surface area contributed by atoms with Crippen molar-refractivity contribution in [3.63, 3.8) is 0 Å². The van der Waals surface area contributed by atoms with Crippen LogP contribution in [0.5, 0.6) is 0 Å². The van der Waals surface area contributed by atoms with E-state index in [1.165, 1.54) is 0 Å². The van der Waals surface area contributed by atoms with E-state index in [0.717, 1.165) is 0 Å². The van der Waals surface area contributed by atoms with Gasteiger partial charge >= 0.3 is 0 Å². The molecule has 0 heterocycles. The van der Waals surface area contributed by atoms with E-state index >= 15 is 0 Å². The number of rotatable bonds is 4. The van der Waals surface area contributed by atoms with Gasteiger partial charge in [0, 0.05) is 6.42 Å². The molecule has 12 heavy (non-hydrogen) atoms. The van der Waals surface area contributed by atoms with Gasteiger partial charge in [-0.15, -0.1) is 0 Å². The number of nitrogens with one attached hydrogen (secondary N) is 1. The summed E-state index contributed by atoms with van der Waals surface area (Å²) in [5.74, 6) is -1.16. The maximum Gasteiger partial charge on any atom is 0.186 e. The zero-order valence-corrected chi connectivity index (χ0v) is 7.82. The predicted molar refractivity (Wildman–Crippen MR) is 47.0 cm³/mol. The molecule has 0 aromatic rings. The number of carbonyl (C=O) groups is 1. The minimum atomic E-state index is -0.472. The van der Waals surface area contributed by atoms with Crippen LogP contribution in [0.15, 0.2) is 11.5 Å². The highest BCUT2D eigenvalue weighted by atomic mass is 79.9. The van der Waals surface area contributed by atoms with Crippen LogP contribution in [0.2, 0.25) is 0 Å². The summed E-state index contributed by atoms with van der Waals surface area (Å²) in [5, 5.41) is 7.33. The van der Waals surface area contributed by atoms with Gasteiger partial charge in [0.2, 0.25) is 0 Å². The fraction of sp³-hybridized carbons (Fsp3) is 0.429. The molecule has 0 radical (unpaired) electrons. The van der Waals surface area contributed by atoms with Gasteiger partial charge in [0.1, 0.15) is 5.83 Å². The van der Waals surface area contributed by atoms with Gasteiger partial charge in [0.15, 0.2) is 5.78 Å². The van der Waals surface area contributed by atoms with Crippen LogP contribution < -0.4 is 5.73 Å². The number of nitrogens with two attached hydrogens (primary N) is 1. The largest absolute Gasteiger partial charge is 0.399 e. The summed E-state index contributed by atoms with van der Waals surface area (Å²) in [7, 11) is 0. The Morgan fingerprint density at radius 2 is 2.25 bits per heavy atom. The second kappa shape index (κ2) is 3.35. The minimum absolute atomic E-state index is 0.0764. The topological polar surface area (TPSA) is 66.9 Å². The van der Waals surface area contributed by atoms with Gasteiger partial charge in [-0.25, -0.2) is 4.39 Å². The average molecular weight is 235 g/mol. The van der Waals surface area contributed by atoms with Gasteiger partial charge in [-0.2, -0.15) is 0 Å². The third-order valence-electron chi connectivity index (χ3n) is 1.74. The van der Waals surface area contributed by atoms with Crippen LogP contribution in [0.4, 0.5) is 4.39 Å². The van der Waals surface area contributed by atoms with Crippen molar-refractivity contribution in [1.82, 2.24) is 0 Å². The molecule has 1 unspecified atom stereocenters. The SMILES string of the molecule is N=C(CC1C(N)=C1F)C(=O)CBr. The van der Waals surface area contributed by atoms with Crippen molar-refractivity contribution in [3.8, 4) is 0 Å². The van der Waals surface area contributed by atoms with E-state index in [-0.39, 0.29) is 34.8 Å². The highest BCUT2D eigenvalue weighted by Crippen LogP contribution is 2.38. The molecule has 1 aliphatic rings. The van der Waals surface area contributed by atoms with Crippen LogP contribution in [0, 0.1) is 11.3 Å². The molecular weight excluding hydrogens is 227 g/mol. The Balaban J connectivity index is 2.35. The molecule has 0 spiro atoms. The standard InChI is InChI=1S/C7H8BrFN2O/c8-2-5(12)4(10)1-3-6(9)7(3)11/h3,10H,1-2,11H2. The number of hydrogen-bond acceptors (Lipinski definition) is 3. The Bertz CT molecular complexity index is 263. The molecule has 5 heteroatoms. The summed E-state index contributed by atoms with van der Waals surface area (Å²) in [6.07, 6.45) is 0.0993. The van der Waals surface area contributed by atoms with E-state index in [0.29, 0.717) is 0 Å². The van der Waals surface area contributed by atoms with Gasteiger partial charge < -0.3 is 11.1 Å². The van der Waals surface area contributed by atoms with Gasteiger partial charge in [0.25, 0.3) is 0 Å². The van der Waals surface area contributed by atoms with E-state index in [1.54, 1.807) is 0 Å². The Kier molecular flexibility index (Phi) is 2.62. The molecule has 0 saturated heterocycles. The van der Waals surface area contributed by atoms with Crippen molar-refractivity contribution in [2.24, 2.45) is 11.7 Å². The van der Waals surface area contributed by atoms with E-state index in [4.69, 9.17) is 11.1 Å². The Morgan fingerprint density at radius 1 is 1.75 bits per heavy atom. The van der Waals surface area contributed by atoms with Crippen molar-refractivity contribution in [2.45, 2.75) is 6.42 Å². The summed E-state index contributed by atoms with van der Waals surface area (Å²) in [5.41, 5.74) is 5.29. The van der Waals surface area contributed by atoms with Gasteiger partial charge in [0.05, 0.1) is 22.7 Å². The molecule has 0 saturated carbocycles. The first-order chi connectivity index (χ1) is 5.57. The van der Waals surface area contributed by atoms with E-state index < -0.39 is 5.92 Å². The first-order valence-corrected chi connectivity index (χ1v) is 4.51. The lowest BCUT2D eigenvalue weighted by atomic mass is 10.1. The predicted octanol–water partition coefficient (Wildman–Crippen LogP) is 1.13. The van der Waals surface area contributed by atoms with Crippen LogP contribution in [-0.4, -0.2) is 16.8 Å². The number of ketones is 1. The molecule has 66 valence electrons. The molecule has 0 aliphatic heterocycles. The number of Topliss-reactive ketones (excluding diaryl/α,β-unsaturated/α-hetero) is 1. The second-order valence-corrected chi connectivity index (χ2v) is 3.16. The third-order valence-corrected chi connectivity index (χ3v) is 2.25. The van der Waals surface area contributed by atoms with Crippen LogP contribution in [0.25, 0.3) is 0 Å². The lowest BCUT2D eigenvalue weighted by molar-refractivity contribution is -0.110. The van der Waals surface area contributed by atoms with Crippen molar-refractivity contribution in [2.75, 3.05) is 5.33 Å². The van der Waals surface area contributed by atoms with E-state index in [1.807, 2.05) is 0 Å². The molecule has 1 atom stereocenters. The molecule has 1 rings (SSSR count). The highest BCUT2D eigenvalue weighted by Gasteiger charge is 2.36. The molecule has 0 amide bonds. The number of allylic oxidation sites excluding steroid dienone is 2. The second-order valence-electron chi connectivity index (χ2n) is 2.60. The Hall–Kier alpha value is -0.710. The zero-order valence-electron chi connectivity index (χ0n) is 6.23. The normalized spacial score (nSPS) is 21.0. The lowest BCUT2D eigenvalue weighted by Gasteiger charge is -1.97. The quantitative estimate of drug-likeness (QED) is 0.566. The van der Waals surface area contributed by atoms with Crippen LogP contribution in [0.1, 0.15) is 6.42 Å². The van der Waals surface area contributed by atoms with Gasteiger partial charge in [-0.1, -0.05) is 15.9 Å². The molecule has 0 bridgehead atoms. The Labute approximate surface area is 77.5 Å². The molecule has 0 aromatic carbocycles. The van der Waals surface area contributed by atoms with Gasteiger partial charge in [-0.05, 0) is 0 Å². The van der Waals surface area contributed by atoms with Crippen LogP contribution in [-0.2, 0) is 4.79 Å². The summed E-state index contributed by atoms with van der Waals surface area (Å²) in [6.45, 7) is 0. The summed E-state index contributed by atoms with van der Waals surface area (Å²) < 4.78 is 12.4. The summed E-state index contributed by atoms with van der Waals surface area (Å²) in [6, 6.07) is 0. The van der Waals surface area contributed by atoms with Crippen molar-refractivity contribution in [3.05, 3.63) is 11.5 Å². The number of halogens is 2. The highest BCUT2D eigenvalue weighted by molar-refractivity contribution is 9.09. The van der Waals surface area contributed by atoms with Crippen LogP contribution >= 0.6 is 15.9 Å². The molecule has 3 N–H and O–H groups in total. The van der Waals surface area contributed by atoms with Crippen molar-refractivity contribution in [1.29, 1.82) is 5.41 Å². The van der Waals surface area contributed by atoms with Crippen LogP contribution in [0.3, 0.4) is 0 Å². The first-order valence-electron chi connectivity index (χ1n) is 3.39.